The van der Waals surface area contributed by atoms with Crippen LogP contribution >= 0.6 is 15.9 Å². The number of benzene rings is 2. The molecule has 1 N–H and O–H groups in total. The molecule has 0 atom stereocenters. The summed E-state index contributed by atoms with van der Waals surface area (Å²) in [6.07, 6.45) is 2.03. The van der Waals surface area contributed by atoms with Crippen molar-refractivity contribution >= 4 is 28.1 Å². The fourth-order valence-electron chi connectivity index (χ4n) is 1.95. The average Bonchev–Trinajstić information content (AvgIpc) is 2.50. The normalized spacial score (nSPS) is 11.0. The lowest BCUT2D eigenvalue weighted by Crippen LogP contribution is -2.19. The van der Waals surface area contributed by atoms with E-state index in [1.54, 1.807) is 6.21 Å². The number of hydrogen-bond donors (Lipinski definition) is 1. The number of hydrazone groups is 1. The van der Waals surface area contributed by atoms with Gasteiger partial charge in [0.25, 0.3) is 0 Å². The number of carbonyl (C=O) groups is 1. The van der Waals surface area contributed by atoms with Crippen LogP contribution in [0.2, 0.25) is 0 Å². The first-order valence-electron chi connectivity index (χ1n) is 7.36. The van der Waals surface area contributed by atoms with E-state index in [-0.39, 0.29) is 12.0 Å². The van der Waals surface area contributed by atoms with E-state index in [1.807, 2.05) is 62.4 Å². The SMILES string of the molecule is CC(C)Oc1ccc(/C=N\NC(=O)Cc2ccccc2)cc1Br. The zero-order valence-corrected chi connectivity index (χ0v) is 14.7. The molecule has 120 valence electrons. The Hall–Kier alpha value is -2.14. The largest absolute Gasteiger partial charge is 0.490 e. The zero-order valence-electron chi connectivity index (χ0n) is 13.1. The van der Waals surface area contributed by atoms with Gasteiger partial charge in [-0.1, -0.05) is 30.3 Å². The third-order valence-electron chi connectivity index (χ3n) is 2.93. The zero-order chi connectivity index (χ0) is 16.7. The molecule has 2 rings (SSSR count). The lowest BCUT2D eigenvalue weighted by atomic mass is 10.1. The quantitative estimate of drug-likeness (QED) is 0.615. The summed E-state index contributed by atoms with van der Waals surface area (Å²) in [4.78, 5) is 11.8. The number of amides is 1. The predicted molar refractivity (Wildman–Crippen MR) is 95.8 cm³/mol. The molecule has 2 aromatic rings. The number of hydrogen-bond acceptors (Lipinski definition) is 3. The van der Waals surface area contributed by atoms with Crippen LogP contribution in [0.5, 0.6) is 5.75 Å². The van der Waals surface area contributed by atoms with Crippen molar-refractivity contribution in [2.75, 3.05) is 0 Å². The predicted octanol–water partition coefficient (Wildman–Crippen LogP) is 3.93. The van der Waals surface area contributed by atoms with Gasteiger partial charge in [0.2, 0.25) is 5.91 Å². The summed E-state index contributed by atoms with van der Waals surface area (Å²) in [5.74, 6) is 0.636. The van der Waals surface area contributed by atoms with Crippen LogP contribution < -0.4 is 10.2 Å². The number of nitrogens with zero attached hydrogens (tertiary/aromatic N) is 1. The molecule has 0 aliphatic carbocycles. The van der Waals surface area contributed by atoms with Gasteiger partial charge in [0.05, 0.1) is 23.2 Å². The van der Waals surface area contributed by atoms with Crippen LogP contribution in [-0.2, 0) is 11.2 Å². The summed E-state index contributed by atoms with van der Waals surface area (Å²) in [6.45, 7) is 3.95. The molecule has 0 saturated carbocycles. The Morgan fingerprint density at radius 1 is 1.26 bits per heavy atom. The molecular weight excluding hydrogens is 356 g/mol. The minimum absolute atomic E-state index is 0.114. The summed E-state index contributed by atoms with van der Waals surface area (Å²) in [5, 5.41) is 3.98. The van der Waals surface area contributed by atoms with E-state index in [0.29, 0.717) is 6.42 Å². The van der Waals surface area contributed by atoms with Gasteiger partial charge in [0.15, 0.2) is 0 Å². The van der Waals surface area contributed by atoms with Gasteiger partial charge in [-0.3, -0.25) is 4.79 Å². The maximum Gasteiger partial charge on any atom is 0.244 e. The minimum atomic E-state index is -0.147. The van der Waals surface area contributed by atoms with Crippen LogP contribution in [-0.4, -0.2) is 18.2 Å². The molecule has 0 unspecified atom stereocenters. The van der Waals surface area contributed by atoms with E-state index >= 15 is 0 Å². The standard InChI is InChI=1S/C18H19BrN2O2/c1-13(2)23-17-9-8-15(10-16(17)19)12-20-21-18(22)11-14-6-4-3-5-7-14/h3-10,12-13H,11H2,1-2H3,(H,21,22)/b20-12-. The van der Waals surface area contributed by atoms with Crippen molar-refractivity contribution in [1.82, 2.24) is 5.43 Å². The second kappa shape index (κ2) is 8.48. The summed E-state index contributed by atoms with van der Waals surface area (Å²) in [7, 11) is 0. The number of carbonyl (C=O) groups excluding carboxylic acids is 1. The number of halogens is 1. The molecule has 0 heterocycles. The highest BCUT2D eigenvalue weighted by molar-refractivity contribution is 9.10. The van der Waals surface area contributed by atoms with E-state index in [0.717, 1.165) is 21.3 Å². The van der Waals surface area contributed by atoms with Crippen LogP contribution in [0.15, 0.2) is 58.1 Å². The molecule has 2 aromatic carbocycles. The second-order valence-corrected chi connectivity index (χ2v) is 6.17. The Balaban J connectivity index is 1.90. The molecule has 0 spiro atoms. The van der Waals surface area contributed by atoms with Gasteiger partial charge in [0.1, 0.15) is 5.75 Å². The van der Waals surface area contributed by atoms with E-state index < -0.39 is 0 Å². The summed E-state index contributed by atoms with van der Waals surface area (Å²) in [5.41, 5.74) is 4.35. The van der Waals surface area contributed by atoms with Crippen molar-refractivity contribution in [3.05, 3.63) is 64.1 Å². The Morgan fingerprint density at radius 2 is 2.00 bits per heavy atom. The van der Waals surface area contributed by atoms with Crippen molar-refractivity contribution in [1.29, 1.82) is 0 Å². The van der Waals surface area contributed by atoms with Gasteiger partial charge in [0, 0.05) is 0 Å². The average molecular weight is 375 g/mol. The Bertz CT molecular complexity index is 685. The summed E-state index contributed by atoms with van der Waals surface area (Å²) < 4.78 is 6.50. The molecule has 0 aliphatic rings. The number of ether oxygens (including phenoxy) is 1. The minimum Gasteiger partial charge on any atom is -0.490 e. The topological polar surface area (TPSA) is 50.7 Å². The van der Waals surface area contributed by atoms with Crippen LogP contribution in [0, 0.1) is 0 Å². The van der Waals surface area contributed by atoms with Gasteiger partial charge < -0.3 is 4.74 Å². The van der Waals surface area contributed by atoms with Crippen molar-refractivity contribution in [3.63, 3.8) is 0 Å². The van der Waals surface area contributed by atoms with Crippen LogP contribution in [0.3, 0.4) is 0 Å². The molecule has 0 fully saturated rings. The molecule has 5 heteroatoms. The third kappa shape index (κ3) is 5.87. The van der Waals surface area contributed by atoms with Gasteiger partial charge in [-0.25, -0.2) is 5.43 Å². The first-order chi connectivity index (χ1) is 11.0. The van der Waals surface area contributed by atoms with E-state index in [2.05, 4.69) is 26.5 Å². The van der Waals surface area contributed by atoms with Gasteiger partial charge in [-0.2, -0.15) is 5.10 Å². The molecule has 1 amide bonds. The lowest BCUT2D eigenvalue weighted by Gasteiger charge is -2.11. The molecule has 4 nitrogen and oxygen atoms in total. The first kappa shape index (κ1) is 17.2. The fraction of sp³-hybridized carbons (Fsp3) is 0.222. The van der Waals surface area contributed by atoms with Crippen molar-refractivity contribution < 1.29 is 9.53 Å². The first-order valence-corrected chi connectivity index (χ1v) is 8.16. The lowest BCUT2D eigenvalue weighted by molar-refractivity contribution is -0.120. The number of nitrogens with one attached hydrogen (secondary N) is 1. The monoisotopic (exact) mass is 374 g/mol. The van der Waals surface area contributed by atoms with Crippen molar-refractivity contribution in [3.8, 4) is 5.75 Å². The maximum atomic E-state index is 11.8. The maximum absolute atomic E-state index is 11.8. The summed E-state index contributed by atoms with van der Waals surface area (Å²) >= 11 is 3.47. The van der Waals surface area contributed by atoms with E-state index in [1.165, 1.54) is 0 Å². The Morgan fingerprint density at radius 3 is 2.65 bits per heavy atom. The number of rotatable bonds is 6. The Kier molecular flexibility index (Phi) is 6.35. The molecule has 0 radical (unpaired) electrons. The highest BCUT2D eigenvalue weighted by Crippen LogP contribution is 2.26. The van der Waals surface area contributed by atoms with Crippen LogP contribution in [0.25, 0.3) is 0 Å². The van der Waals surface area contributed by atoms with Gasteiger partial charge in [-0.05, 0) is 59.1 Å². The van der Waals surface area contributed by atoms with Crippen molar-refractivity contribution in [2.45, 2.75) is 26.4 Å². The Labute approximate surface area is 144 Å². The van der Waals surface area contributed by atoms with Crippen molar-refractivity contribution in [2.24, 2.45) is 5.10 Å². The highest BCUT2D eigenvalue weighted by atomic mass is 79.9. The van der Waals surface area contributed by atoms with E-state index in [4.69, 9.17) is 4.74 Å². The van der Waals surface area contributed by atoms with Crippen LogP contribution in [0.4, 0.5) is 0 Å². The fourth-order valence-corrected chi connectivity index (χ4v) is 2.44. The molecule has 0 aromatic heterocycles. The molecule has 0 aliphatic heterocycles. The smallest absolute Gasteiger partial charge is 0.244 e. The molecular formula is C18H19BrN2O2. The van der Waals surface area contributed by atoms with Crippen LogP contribution in [0.1, 0.15) is 25.0 Å². The molecule has 0 bridgehead atoms. The van der Waals surface area contributed by atoms with Gasteiger partial charge >= 0.3 is 0 Å². The third-order valence-corrected chi connectivity index (χ3v) is 3.55. The summed E-state index contributed by atoms with van der Waals surface area (Å²) in [6, 6.07) is 15.2. The molecule has 0 saturated heterocycles. The molecule has 23 heavy (non-hydrogen) atoms. The van der Waals surface area contributed by atoms with E-state index in [9.17, 15) is 4.79 Å². The highest BCUT2D eigenvalue weighted by Gasteiger charge is 2.04. The van der Waals surface area contributed by atoms with Gasteiger partial charge in [-0.15, -0.1) is 0 Å². The second-order valence-electron chi connectivity index (χ2n) is 5.31.